The molecule has 0 fully saturated rings. The van der Waals surface area contributed by atoms with Gasteiger partial charge in [0.05, 0.1) is 5.78 Å². The molecule has 4 aromatic rings. The topological polar surface area (TPSA) is 35.3 Å². The molecule has 0 bridgehead atoms. The summed E-state index contributed by atoms with van der Waals surface area (Å²) in [5.41, 5.74) is 3.29. The van der Waals surface area contributed by atoms with Crippen molar-refractivity contribution in [3.63, 3.8) is 0 Å². The van der Waals surface area contributed by atoms with Gasteiger partial charge in [-0.05, 0) is 17.3 Å². The number of fused-ring (bicyclic) bond motifs is 1. The Kier molecular flexibility index (Phi) is 2.78. The van der Waals surface area contributed by atoms with Crippen molar-refractivity contribution in [1.29, 1.82) is 0 Å². The van der Waals surface area contributed by atoms with Gasteiger partial charge in [-0.15, -0.1) is 0 Å². The van der Waals surface area contributed by atoms with E-state index < -0.39 is 0 Å². The van der Waals surface area contributed by atoms with Crippen molar-refractivity contribution in [3.05, 3.63) is 78.8 Å². The lowest BCUT2D eigenvalue weighted by molar-refractivity contribution is -0.747. The van der Waals surface area contributed by atoms with E-state index in [4.69, 9.17) is 0 Å². The van der Waals surface area contributed by atoms with Crippen LogP contribution in [0.5, 0.6) is 0 Å². The highest BCUT2D eigenvalue weighted by Crippen LogP contribution is 2.16. The molecule has 0 aliphatic carbocycles. The number of nitrogens with zero attached hydrogens (tertiary/aromatic N) is 4. The second kappa shape index (κ2) is 4.90. The molecule has 0 aliphatic heterocycles. The molecule has 0 radical (unpaired) electrons. The Bertz CT molecular complexity index is 828. The molecule has 0 saturated carbocycles. The molecular formula is C17H14N4. The standard InChI is InChI=1S/C17H14N4/c1-3-7-14(8-4-1)11-21-13-20-12-16(18-17(20)19-21)15-9-5-2-6-10-15/h1-10,12-13H,11H2. The third-order valence-electron chi connectivity index (χ3n) is 3.45. The van der Waals surface area contributed by atoms with Crippen LogP contribution in [-0.2, 0) is 6.54 Å². The third-order valence-corrected chi connectivity index (χ3v) is 3.45. The highest BCUT2D eigenvalue weighted by molar-refractivity contribution is 5.60. The number of benzene rings is 2. The Morgan fingerprint density at radius 2 is 1.67 bits per heavy atom. The number of aromatic nitrogens is 4. The van der Waals surface area contributed by atoms with Crippen molar-refractivity contribution in [1.82, 2.24) is 14.5 Å². The zero-order chi connectivity index (χ0) is 14.1. The Morgan fingerprint density at radius 3 is 2.38 bits per heavy atom. The quantitative estimate of drug-likeness (QED) is 0.537. The zero-order valence-corrected chi connectivity index (χ0v) is 11.4. The molecule has 2 aromatic heterocycles. The zero-order valence-electron chi connectivity index (χ0n) is 11.4. The monoisotopic (exact) mass is 274 g/mol. The molecule has 0 saturated heterocycles. The second-order valence-electron chi connectivity index (χ2n) is 5.00. The molecule has 2 heterocycles. The van der Waals surface area contributed by atoms with Gasteiger partial charge in [-0.25, -0.2) is 9.78 Å². The first kappa shape index (κ1) is 11.9. The van der Waals surface area contributed by atoms with Gasteiger partial charge in [0.15, 0.2) is 0 Å². The number of hydrogen-bond donors (Lipinski definition) is 0. The Hall–Kier alpha value is -2.88. The van der Waals surface area contributed by atoms with Gasteiger partial charge in [-0.2, -0.15) is 0 Å². The first-order valence-corrected chi connectivity index (χ1v) is 6.90. The van der Waals surface area contributed by atoms with E-state index >= 15 is 0 Å². The van der Waals surface area contributed by atoms with Gasteiger partial charge in [0.1, 0.15) is 12.9 Å². The molecule has 0 N–H and O–H groups in total. The van der Waals surface area contributed by atoms with Crippen LogP contribution in [0.2, 0.25) is 0 Å². The lowest BCUT2D eigenvalue weighted by atomic mass is 10.2. The summed E-state index contributed by atoms with van der Waals surface area (Å²) in [5, 5.41) is 4.52. The maximum absolute atomic E-state index is 4.58. The van der Waals surface area contributed by atoms with Crippen LogP contribution in [0.4, 0.5) is 0 Å². The Balaban J connectivity index is 1.65. The lowest BCUT2D eigenvalue weighted by Gasteiger charge is -2.00. The van der Waals surface area contributed by atoms with E-state index in [9.17, 15) is 0 Å². The first-order valence-electron chi connectivity index (χ1n) is 6.90. The molecule has 4 heteroatoms. The third kappa shape index (κ3) is 2.31. The average Bonchev–Trinajstić information content (AvgIpc) is 3.07. The molecule has 4 rings (SSSR count). The van der Waals surface area contributed by atoms with Gasteiger partial charge in [0.2, 0.25) is 0 Å². The van der Waals surface area contributed by atoms with E-state index in [2.05, 4.69) is 34.3 Å². The summed E-state index contributed by atoms with van der Waals surface area (Å²) >= 11 is 0. The van der Waals surface area contributed by atoms with Crippen LogP contribution in [0.25, 0.3) is 17.0 Å². The molecule has 0 amide bonds. The normalized spacial score (nSPS) is 11.0. The van der Waals surface area contributed by atoms with Crippen molar-refractivity contribution in [3.8, 4) is 11.3 Å². The fraction of sp³-hybridized carbons (Fsp3) is 0.0588. The van der Waals surface area contributed by atoms with Gasteiger partial charge in [0.25, 0.3) is 0 Å². The van der Waals surface area contributed by atoms with Crippen molar-refractivity contribution in [2.75, 3.05) is 0 Å². The molecule has 2 aromatic carbocycles. The highest BCUT2D eigenvalue weighted by atomic mass is 15.4. The highest BCUT2D eigenvalue weighted by Gasteiger charge is 2.02. The molecule has 0 atom stereocenters. The van der Waals surface area contributed by atoms with Crippen LogP contribution >= 0.6 is 0 Å². The van der Waals surface area contributed by atoms with Crippen LogP contribution in [-0.4, -0.2) is 9.38 Å². The Labute approximate surface area is 122 Å². The minimum absolute atomic E-state index is 0.727. The number of imidazole rings is 1. The summed E-state index contributed by atoms with van der Waals surface area (Å²) in [5.74, 6) is 0.727. The van der Waals surface area contributed by atoms with Crippen LogP contribution < -0.4 is 9.78 Å². The van der Waals surface area contributed by atoms with E-state index in [0.29, 0.717) is 0 Å². The molecule has 21 heavy (non-hydrogen) atoms. The fourth-order valence-corrected chi connectivity index (χ4v) is 2.42. The Morgan fingerprint density at radius 1 is 0.952 bits per heavy atom. The maximum atomic E-state index is 4.58. The van der Waals surface area contributed by atoms with E-state index in [1.54, 1.807) is 0 Å². The van der Waals surface area contributed by atoms with Gasteiger partial charge in [-0.3, -0.25) is 0 Å². The number of hydrogen-bond acceptors (Lipinski definition) is 1. The van der Waals surface area contributed by atoms with E-state index in [0.717, 1.165) is 23.6 Å². The van der Waals surface area contributed by atoms with E-state index in [1.165, 1.54) is 5.56 Å². The molecule has 0 aliphatic rings. The lowest BCUT2D eigenvalue weighted by Crippen LogP contribution is -2.37. The molecule has 102 valence electrons. The van der Waals surface area contributed by atoms with Crippen LogP contribution in [0.1, 0.15) is 5.56 Å². The van der Waals surface area contributed by atoms with Crippen molar-refractivity contribution in [2.24, 2.45) is 0 Å². The smallest absolute Gasteiger partial charge is 0.121 e. The molecule has 0 unspecified atom stereocenters. The minimum Gasteiger partial charge on any atom is -0.355 e. The molecular weight excluding hydrogens is 260 g/mol. The molecule has 0 spiro atoms. The average molecular weight is 274 g/mol. The predicted octanol–water partition coefficient (Wildman–Crippen LogP) is 2.29. The van der Waals surface area contributed by atoms with Gasteiger partial charge >= 0.3 is 0 Å². The second-order valence-corrected chi connectivity index (χ2v) is 5.00. The van der Waals surface area contributed by atoms with Gasteiger partial charge in [-0.1, -0.05) is 60.7 Å². The fourth-order valence-electron chi connectivity index (χ4n) is 2.42. The largest absolute Gasteiger partial charge is 0.355 e. The summed E-state index contributed by atoms with van der Waals surface area (Å²) in [6, 6.07) is 20.4. The van der Waals surface area contributed by atoms with Crippen LogP contribution in [0.15, 0.2) is 73.2 Å². The van der Waals surface area contributed by atoms with Crippen molar-refractivity contribution < 1.29 is 4.68 Å². The SMILES string of the molecule is c1ccc(C[n+]2cn3cc(-c4ccccc4)nc3[n-]2)cc1. The summed E-state index contributed by atoms with van der Waals surface area (Å²) < 4.78 is 3.87. The first-order chi connectivity index (χ1) is 10.4. The van der Waals surface area contributed by atoms with E-state index in [-0.39, 0.29) is 0 Å². The van der Waals surface area contributed by atoms with E-state index in [1.807, 2.05) is 58.0 Å². The van der Waals surface area contributed by atoms with Crippen molar-refractivity contribution in [2.45, 2.75) is 6.54 Å². The summed E-state index contributed by atoms with van der Waals surface area (Å²) in [4.78, 5) is 4.58. The van der Waals surface area contributed by atoms with Gasteiger partial charge in [0, 0.05) is 5.69 Å². The van der Waals surface area contributed by atoms with Crippen molar-refractivity contribution >= 4 is 5.78 Å². The summed E-state index contributed by atoms with van der Waals surface area (Å²) in [7, 11) is 0. The van der Waals surface area contributed by atoms with Gasteiger partial charge < -0.3 is 9.38 Å². The van der Waals surface area contributed by atoms with Crippen LogP contribution in [0.3, 0.4) is 0 Å². The predicted molar refractivity (Wildman–Crippen MR) is 79.7 cm³/mol. The minimum atomic E-state index is 0.727. The maximum Gasteiger partial charge on any atom is 0.121 e. The van der Waals surface area contributed by atoms with Crippen LogP contribution in [0, 0.1) is 0 Å². The summed E-state index contributed by atoms with van der Waals surface area (Å²) in [6.45, 7) is 0.755. The summed E-state index contributed by atoms with van der Waals surface area (Å²) in [6.07, 6.45) is 3.99. The number of rotatable bonds is 3. The molecule has 4 nitrogen and oxygen atoms in total.